The molecule has 1 aromatic carbocycles. The van der Waals surface area contributed by atoms with Gasteiger partial charge < -0.3 is 5.32 Å². The molecule has 1 unspecified atom stereocenters. The predicted molar refractivity (Wildman–Crippen MR) is 70.9 cm³/mol. The number of halogens is 1. The van der Waals surface area contributed by atoms with E-state index >= 15 is 0 Å². The summed E-state index contributed by atoms with van der Waals surface area (Å²) in [4.78, 5) is 0. The molecule has 1 atom stereocenters. The van der Waals surface area contributed by atoms with Crippen molar-refractivity contribution in [2.75, 3.05) is 18.6 Å². The maximum atomic E-state index is 6.16. The van der Waals surface area contributed by atoms with Crippen LogP contribution >= 0.6 is 23.4 Å². The fourth-order valence-corrected chi connectivity index (χ4v) is 2.74. The van der Waals surface area contributed by atoms with Gasteiger partial charge in [-0.25, -0.2) is 0 Å². The van der Waals surface area contributed by atoms with E-state index in [1.165, 1.54) is 17.7 Å². The summed E-state index contributed by atoms with van der Waals surface area (Å²) in [5, 5.41) is 4.17. The molecule has 0 aliphatic heterocycles. The van der Waals surface area contributed by atoms with Crippen molar-refractivity contribution in [3.8, 4) is 0 Å². The van der Waals surface area contributed by atoms with Crippen molar-refractivity contribution >= 4 is 23.4 Å². The van der Waals surface area contributed by atoms with Gasteiger partial charge in [-0.3, -0.25) is 0 Å². The van der Waals surface area contributed by atoms with E-state index in [-0.39, 0.29) is 0 Å². The second-order valence-electron chi connectivity index (χ2n) is 3.44. The minimum Gasteiger partial charge on any atom is -0.312 e. The number of rotatable bonds is 6. The first-order chi connectivity index (χ1) is 7.29. The highest BCUT2D eigenvalue weighted by Gasteiger charge is 2.11. The Morgan fingerprint density at radius 1 is 1.40 bits per heavy atom. The molecule has 84 valence electrons. The average Bonchev–Trinajstić information content (AvgIpc) is 2.26. The van der Waals surface area contributed by atoms with Crippen LogP contribution in [0.4, 0.5) is 0 Å². The van der Waals surface area contributed by atoms with Gasteiger partial charge in [0.1, 0.15) is 0 Å². The molecule has 0 radical (unpaired) electrons. The van der Waals surface area contributed by atoms with Gasteiger partial charge in [0, 0.05) is 16.8 Å². The van der Waals surface area contributed by atoms with Crippen molar-refractivity contribution in [1.82, 2.24) is 5.32 Å². The van der Waals surface area contributed by atoms with Gasteiger partial charge in [0.2, 0.25) is 0 Å². The quantitative estimate of drug-likeness (QED) is 0.764. The predicted octanol–water partition coefficient (Wildman–Crippen LogP) is 3.74. The highest BCUT2D eigenvalue weighted by molar-refractivity contribution is 7.99. The van der Waals surface area contributed by atoms with Gasteiger partial charge in [0.25, 0.3) is 0 Å². The lowest BCUT2D eigenvalue weighted by atomic mass is 10.1. The lowest BCUT2D eigenvalue weighted by Gasteiger charge is -2.17. The second kappa shape index (κ2) is 7.15. The summed E-state index contributed by atoms with van der Waals surface area (Å²) in [6.07, 6.45) is 1.23. The molecular weight excluding hydrogens is 226 g/mol. The zero-order valence-electron chi connectivity index (χ0n) is 9.29. The van der Waals surface area contributed by atoms with Crippen LogP contribution < -0.4 is 5.32 Å². The first kappa shape index (κ1) is 12.9. The van der Waals surface area contributed by atoms with Crippen LogP contribution in [-0.4, -0.2) is 18.6 Å². The third kappa shape index (κ3) is 4.06. The van der Waals surface area contributed by atoms with Crippen molar-refractivity contribution in [3.05, 3.63) is 34.9 Å². The van der Waals surface area contributed by atoms with Crippen molar-refractivity contribution in [3.63, 3.8) is 0 Å². The molecule has 1 rings (SSSR count). The fourth-order valence-electron chi connectivity index (χ4n) is 1.43. The van der Waals surface area contributed by atoms with E-state index in [1.54, 1.807) is 0 Å². The Balaban J connectivity index is 2.61. The Hall–Kier alpha value is -0.180. The Morgan fingerprint density at radius 3 is 2.73 bits per heavy atom. The SMILES string of the molecule is CCCSCC(NC)c1ccccc1Cl. The van der Waals surface area contributed by atoms with Crippen LogP contribution in [0.3, 0.4) is 0 Å². The Kier molecular flexibility index (Phi) is 6.15. The molecule has 0 bridgehead atoms. The van der Waals surface area contributed by atoms with Crippen LogP contribution in [0, 0.1) is 0 Å². The molecule has 0 aliphatic carbocycles. The van der Waals surface area contributed by atoms with Gasteiger partial charge in [-0.1, -0.05) is 36.7 Å². The third-order valence-electron chi connectivity index (χ3n) is 2.26. The molecule has 3 heteroatoms. The van der Waals surface area contributed by atoms with Crippen LogP contribution in [0.5, 0.6) is 0 Å². The molecule has 1 N–H and O–H groups in total. The molecule has 15 heavy (non-hydrogen) atoms. The van der Waals surface area contributed by atoms with Gasteiger partial charge in [0.15, 0.2) is 0 Å². The highest BCUT2D eigenvalue weighted by Crippen LogP contribution is 2.25. The van der Waals surface area contributed by atoms with Crippen molar-refractivity contribution in [1.29, 1.82) is 0 Å². The topological polar surface area (TPSA) is 12.0 Å². The zero-order valence-corrected chi connectivity index (χ0v) is 10.9. The number of thioether (sulfide) groups is 1. The summed E-state index contributed by atoms with van der Waals surface area (Å²) in [7, 11) is 1.99. The third-order valence-corrected chi connectivity index (χ3v) is 3.87. The zero-order chi connectivity index (χ0) is 11.1. The smallest absolute Gasteiger partial charge is 0.0454 e. The molecule has 0 spiro atoms. The molecule has 0 heterocycles. The molecule has 0 fully saturated rings. The molecule has 0 amide bonds. The lowest BCUT2D eigenvalue weighted by Crippen LogP contribution is -2.19. The minimum atomic E-state index is 0.357. The van der Waals surface area contributed by atoms with E-state index in [0.29, 0.717) is 6.04 Å². The summed E-state index contributed by atoms with van der Waals surface area (Å²) in [6.45, 7) is 2.21. The standard InChI is InChI=1S/C12H18ClNS/c1-3-8-15-9-12(14-2)10-6-4-5-7-11(10)13/h4-7,12,14H,3,8-9H2,1-2H3. The largest absolute Gasteiger partial charge is 0.312 e. The van der Waals surface area contributed by atoms with E-state index in [4.69, 9.17) is 11.6 Å². The van der Waals surface area contributed by atoms with Crippen LogP contribution in [0.1, 0.15) is 24.9 Å². The molecule has 1 nitrogen and oxygen atoms in total. The Morgan fingerprint density at radius 2 is 2.13 bits per heavy atom. The average molecular weight is 244 g/mol. The molecule has 0 saturated heterocycles. The molecule has 1 aromatic rings. The van der Waals surface area contributed by atoms with Gasteiger partial charge in [-0.2, -0.15) is 11.8 Å². The van der Waals surface area contributed by atoms with Crippen LogP contribution in [0.15, 0.2) is 24.3 Å². The number of hydrogen-bond acceptors (Lipinski definition) is 2. The summed E-state index contributed by atoms with van der Waals surface area (Å²) in [5.74, 6) is 2.29. The van der Waals surface area contributed by atoms with E-state index in [1.807, 2.05) is 37.0 Å². The monoisotopic (exact) mass is 243 g/mol. The number of nitrogens with one attached hydrogen (secondary N) is 1. The van der Waals surface area contributed by atoms with Crippen molar-refractivity contribution in [2.24, 2.45) is 0 Å². The number of hydrogen-bond donors (Lipinski definition) is 1. The van der Waals surface area contributed by atoms with Crippen LogP contribution in [0.2, 0.25) is 5.02 Å². The molecule has 0 aliphatic rings. The summed E-state index contributed by atoms with van der Waals surface area (Å²) in [5.41, 5.74) is 1.20. The van der Waals surface area contributed by atoms with Crippen molar-refractivity contribution < 1.29 is 0 Å². The summed E-state index contributed by atoms with van der Waals surface area (Å²) in [6, 6.07) is 8.41. The maximum Gasteiger partial charge on any atom is 0.0454 e. The summed E-state index contributed by atoms with van der Waals surface area (Å²) < 4.78 is 0. The van der Waals surface area contributed by atoms with Crippen LogP contribution in [-0.2, 0) is 0 Å². The van der Waals surface area contributed by atoms with E-state index < -0.39 is 0 Å². The second-order valence-corrected chi connectivity index (χ2v) is 4.99. The Labute approximate surface area is 102 Å². The first-order valence-corrected chi connectivity index (χ1v) is 6.82. The lowest BCUT2D eigenvalue weighted by molar-refractivity contribution is 0.662. The molecule has 0 saturated carbocycles. The van der Waals surface area contributed by atoms with Gasteiger partial charge >= 0.3 is 0 Å². The maximum absolute atomic E-state index is 6.16. The first-order valence-electron chi connectivity index (χ1n) is 5.29. The van der Waals surface area contributed by atoms with E-state index in [2.05, 4.69) is 18.3 Å². The van der Waals surface area contributed by atoms with E-state index in [9.17, 15) is 0 Å². The van der Waals surface area contributed by atoms with Gasteiger partial charge in [-0.15, -0.1) is 0 Å². The van der Waals surface area contributed by atoms with Gasteiger partial charge in [0.05, 0.1) is 0 Å². The van der Waals surface area contributed by atoms with Gasteiger partial charge in [-0.05, 0) is 30.9 Å². The normalized spacial score (nSPS) is 12.7. The molecule has 0 aromatic heterocycles. The van der Waals surface area contributed by atoms with E-state index in [0.717, 1.165) is 10.8 Å². The summed E-state index contributed by atoms with van der Waals surface area (Å²) >= 11 is 8.13. The van der Waals surface area contributed by atoms with Crippen molar-refractivity contribution in [2.45, 2.75) is 19.4 Å². The van der Waals surface area contributed by atoms with Crippen LogP contribution in [0.25, 0.3) is 0 Å². The minimum absolute atomic E-state index is 0.357. The number of benzene rings is 1. The molecular formula is C12H18ClNS. The highest BCUT2D eigenvalue weighted by atomic mass is 35.5. The Bertz CT molecular complexity index is 291. The fraction of sp³-hybridized carbons (Fsp3) is 0.500.